The van der Waals surface area contributed by atoms with Crippen LogP contribution < -0.4 is 10.1 Å². The Balaban J connectivity index is 3.25. The van der Waals surface area contributed by atoms with Gasteiger partial charge in [0.1, 0.15) is 17.2 Å². The lowest BCUT2D eigenvalue weighted by Gasteiger charge is -2.16. The van der Waals surface area contributed by atoms with E-state index in [1.165, 1.54) is 12.1 Å². The largest absolute Gasteiger partial charge is 0.496 e. The van der Waals surface area contributed by atoms with Gasteiger partial charge in [0.25, 0.3) is 0 Å². The van der Waals surface area contributed by atoms with E-state index in [1.54, 1.807) is 0 Å². The first-order valence-electron chi connectivity index (χ1n) is 4.50. The third-order valence-corrected chi connectivity index (χ3v) is 2.17. The van der Waals surface area contributed by atoms with E-state index < -0.39 is 23.5 Å². The molecule has 3 nitrogen and oxygen atoms in total. The fourth-order valence-electron chi connectivity index (χ4n) is 1.28. The van der Waals surface area contributed by atoms with E-state index in [1.807, 2.05) is 0 Å². The van der Waals surface area contributed by atoms with E-state index >= 15 is 0 Å². The summed E-state index contributed by atoms with van der Waals surface area (Å²) >= 11 is 5.22. The lowest BCUT2D eigenvalue weighted by Crippen LogP contribution is -2.18. The van der Waals surface area contributed by atoms with Crippen LogP contribution in [0.15, 0.2) is 18.2 Å². The van der Waals surface area contributed by atoms with Gasteiger partial charge >= 0.3 is 6.18 Å². The van der Waals surface area contributed by atoms with Crippen molar-refractivity contribution >= 4 is 23.2 Å². The average Bonchev–Trinajstić information content (AvgIpc) is 2.26. The predicted molar refractivity (Wildman–Crippen MR) is 57.3 cm³/mol. The second-order valence-electron chi connectivity index (χ2n) is 3.06. The van der Waals surface area contributed by atoms with Gasteiger partial charge < -0.3 is 10.1 Å². The number of anilines is 1. The Kier molecular flexibility index (Phi) is 4.22. The maximum atomic E-state index is 12.8. The van der Waals surface area contributed by atoms with Crippen LogP contribution in [0.25, 0.3) is 0 Å². The zero-order valence-corrected chi connectivity index (χ0v) is 9.52. The van der Waals surface area contributed by atoms with Crippen molar-refractivity contribution < 1.29 is 22.7 Å². The predicted octanol–water partition coefficient (Wildman–Crippen LogP) is 2.89. The molecule has 94 valence electrons. The molecule has 0 radical (unpaired) electrons. The normalized spacial score (nSPS) is 11.1. The first-order chi connectivity index (χ1) is 7.90. The molecule has 17 heavy (non-hydrogen) atoms. The molecule has 1 rings (SSSR count). The molecule has 0 aliphatic heterocycles. The van der Waals surface area contributed by atoms with Gasteiger partial charge in [0, 0.05) is 0 Å². The molecule has 0 heterocycles. The van der Waals surface area contributed by atoms with Gasteiger partial charge in [-0.15, -0.1) is 11.6 Å². The minimum atomic E-state index is -4.62. The van der Waals surface area contributed by atoms with Gasteiger partial charge in [-0.05, 0) is 12.1 Å². The Bertz CT molecular complexity index is 421. The van der Waals surface area contributed by atoms with Gasteiger partial charge in [-0.3, -0.25) is 4.79 Å². The van der Waals surface area contributed by atoms with E-state index in [-0.39, 0.29) is 11.4 Å². The lowest BCUT2D eigenvalue weighted by atomic mass is 10.1. The number of nitrogens with one attached hydrogen (secondary N) is 1. The second-order valence-corrected chi connectivity index (χ2v) is 3.33. The van der Waals surface area contributed by atoms with Crippen LogP contribution in [0.2, 0.25) is 0 Å². The summed E-state index contributed by atoms with van der Waals surface area (Å²) in [5.41, 5.74) is -1.40. The number of amides is 1. The zero-order valence-electron chi connectivity index (χ0n) is 8.77. The molecule has 0 saturated carbocycles. The van der Waals surface area contributed by atoms with E-state index in [0.717, 1.165) is 13.2 Å². The standard InChI is InChI=1S/C10H9ClF3NO2/c1-17-7-4-2-3-6(15-8(16)5-11)9(7)10(12,13)14/h2-4H,5H2,1H3,(H,15,16). The van der Waals surface area contributed by atoms with Crippen molar-refractivity contribution in [1.29, 1.82) is 0 Å². The summed E-state index contributed by atoms with van der Waals surface area (Å²) in [6.45, 7) is 0. The number of halogens is 4. The number of benzene rings is 1. The minimum absolute atomic E-state index is 0.357. The first-order valence-corrected chi connectivity index (χ1v) is 5.03. The summed E-state index contributed by atoms with van der Waals surface area (Å²) in [6.07, 6.45) is -4.62. The van der Waals surface area contributed by atoms with Crippen LogP contribution in [0.4, 0.5) is 18.9 Å². The number of carbonyl (C=O) groups is 1. The highest BCUT2D eigenvalue weighted by Crippen LogP contribution is 2.41. The zero-order chi connectivity index (χ0) is 13.1. The van der Waals surface area contributed by atoms with Crippen molar-refractivity contribution in [3.63, 3.8) is 0 Å². The topological polar surface area (TPSA) is 38.3 Å². The Labute approximate surface area is 101 Å². The molecule has 1 N–H and O–H groups in total. The van der Waals surface area contributed by atoms with Gasteiger partial charge in [-0.2, -0.15) is 13.2 Å². The maximum Gasteiger partial charge on any atom is 0.421 e. The molecule has 0 saturated heterocycles. The number of carbonyl (C=O) groups excluding carboxylic acids is 1. The fraction of sp³-hybridized carbons (Fsp3) is 0.300. The van der Waals surface area contributed by atoms with Crippen molar-refractivity contribution in [1.82, 2.24) is 0 Å². The van der Waals surface area contributed by atoms with Crippen molar-refractivity contribution in [2.24, 2.45) is 0 Å². The highest BCUT2D eigenvalue weighted by molar-refractivity contribution is 6.29. The van der Waals surface area contributed by atoms with Crippen molar-refractivity contribution in [3.8, 4) is 5.75 Å². The molecule has 0 unspecified atom stereocenters. The maximum absolute atomic E-state index is 12.8. The third-order valence-electron chi connectivity index (χ3n) is 1.93. The third kappa shape index (κ3) is 3.26. The van der Waals surface area contributed by atoms with Crippen LogP contribution in [0.1, 0.15) is 5.56 Å². The first kappa shape index (κ1) is 13.6. The Morgan fingerprint density at radius 2 is 2.12 bits per heavy atom. The van der Waals surface area contributed by atoms with E-state index in [2.05, 4.69) is 10.1 Å². The number of methoxy groups -OCH3 is 1. The van der Waals surface area contributed by atoms with Crippen molar-refractivity contribution in [2.45, 2.75) is 6.18 Å². The number of rotatable bonds is 3. The van der Waals surface area contributed by atoms with Crippen molar-refractivity contribution in [2.75, 3.05) is 18.3 Å². The van der Waals surface area contributed by atoms with Crippen LogP contribution in [-0.4, -0.2) is 18.9 Å². The van der Waals surface area contributed by atoms with Crippen LogP contribution in [0.5, 0.6) is 5.75 Å². The molecule has 0 aromatic heterocycles. The molecular formula is C10H9ClF3NO2. The van der Waals surface area contributed by atoms with Crippen LogP contribution in [0, 0.1) is 0 Å². The molecule has 0 bridgehead atoms. The van der Waals surface area contributed by atoms with Crippen LogP contribution in [-0.2, 0) is 11.0 Å². The molecular weight excluding hydrogens is 259 g/mol. The number of alkyl halides is 4. The summed E-state index contributed by atoms with van der Waals surface area (Å²) in [4.78, 5) is 11.0. The SMILES string of the molecule is COc1cccc(NC(=O)CCl)c1C(F)(F)F. The molecule has 1 aromatic rings. The highest BCUT2D eigenvalue weighted by atomic mass is 35.5. The molecule has 7 heteroatoms. The molecule has 0 spiro atoms. The molecule has 0 atom stereocenters. The average molecular weight is 268 g/mol. The molecule has 0 aliphatic rings. The summed E-state index contributed by atoms with van der Waals surface area (Å²) in [5, 5.41) is 2.07. The van der Waals surface area contributed by atoms with Gasteiger partial charge in [-0.1, -0.05) is 6.07 Å². The van der Waals surface area contributed by atoms with E-state index in [0.29, 0.717) is 0 Å². The summed E-state index contributed by atoms with van der Waals surface area (Å²) < 4.78 is 43.0. The van der Waals surface area contributed by atoms with Gasteiger partial charge in [0.05, 0.1) is 12.8 Å². The van der Waals surface area contributed by atoms with Crippen LogP contribution in [0.3, 0.4) is 0 Å². The quantitative estimate of drug-likeness (QED) is 0.855. The Hall–Kier alpha value is -1.43. The molecule has 0 fully saturated rings. The molecule has 0 aliphatic carbocycles. The van der Waals surface area contributed by atoms with Gasteiger partial charge in [0.2, 0.25) is 5.91 Å². The summed E-state index contributed by atoms with van der Waals surface area (Å²) in [7, 11) is 1.12. The van der Waals surface area contributed by atoms with Gasteiger partial charge in [0.15, 0.2) is 0 Å². The molecule has 1 amide bonds. The Morgan fingerprint density at radius 3 is 2.59 bits per heavy atom. The number of hydrogen-bond donors (Lipinski definition) is 1. The minimum Gasteiger partial charge on any atom is -0.496 e. The summed E-state index contributed by atoms with van der Waals surface area (Å²) in [5.74, 6) is -1.50. The fourth-order valence-corrected chi connectivity index (χ4v) is 1.35. The van der Waals surface area contributed by atoms with Crippen LogP contribution >= 0.6 is 11.6 Å². The monoisotopic (exact) mass is 267 g/mol. The van der Waals surface area contributed by atoms with E-state index in [4.69, 9.17) is 11.6 Å². The Morgan fingerprint density at radius 1 is 1.47 bits per heavy atom. The number of hydrogen-bond acceptors (Lipinski definition) is 2. The smallest absolute Gasteiger partial charge is 0.421 e. The summed E-state index contributed by atoms with van der Waals surface area (Å²) in [6, 6.07) is 3.65. The highest BCUT2D eigenvalue weighted by Gasteiger charge is 2.37. The number of ether oxygens (including phenoxy) is 1. The van der Waals surface area contributed by atoms with Crippen molar-refractivity contribution in [3.05, 3.63) is 23.8 Å². The van der Waals surface area contributed by atoms with E-state index in [9.17, 15) is 18.0 Å². The molecule has 1 aromatic carbocycles. The van der Waals surface area contributed by atoms with Gasteiger partial charge in [-0.25, -0.2) is 0 Å². The lowest BCUT2D eigenvalue weighted by molar-refractivity contribution is -0.138. The second kappa shape index (κ2) is 5.27.